The first kappa shape index (κ1) is 15.3. The number of nitrogens with zero attached hydrogens (tertiary/aromatic N) is 2. The number of likely N-dealkylation sites (tertiary alicyclic amines) is 1. The van der Waals surface area contributed by atoms with Crippen molar-refractivity contribution in [3.05, 3.63) is 23.9 Å². The van der Waals surface area contributed by atoms with Crippen LogP contribution in [0.4, 0.5) is 5.82 Å². The number of aromatic nitrogens is 1. The van der Waals surface area contributed by atoms with Crippen molar-refractivity contribution in [1.82, 2.24) is 9.88 Å². The van der Waals surface area contributed by atoms with Gasteiger partial charge >= 0.3 is 0 Å². The SMILES string of the molecule is CCNc1ncccc1CN1CCC(CC)(CC)CC1. The van der Waals surface area contributed by atoms with Gasteiger partial charge in [0.1, 0.15) is 5.82 Å². The number of piperidine rings is 1. The highest BCUT2D eigenvalue weighted by atomic mass is 15.1. The van der Waals surface area contributed by atoms with Crippen LogP contribution >= 0.6 is 0 Å². The lowest BCUT2D eigenvalue weighted by Crippen LogP contribution is -2.39. The highest BCUT2D eigenvalue weighted by Gasteiger charge is 2.31. The average Bonchev–Trinajstić information content (AvgIpc) is 2.51. The van der Waals surface area contributed by atoms with E-state index in [9.17, 15) is 0 Å². The molecule has 1 aromatic heterocycles. The number of nitrogens with one attached hydrogen (secondary N) is 1. The maximum absolute atomic E-state index is 4.46. The zero-order valence-corrected chi connectivity index (χ0v) is 13.3. The van der Waals surface area contributed by atoms with Crippen LogP contribution in [0.15, 0.2) is 18.3 Å². The van der Waals surface area contributed by atoms with Crippen LogP contribution in [-0.2, 0) is 6.54 Å². The van der Waals surface area contributed by atoms with Gasteiger partial charge < -0.3 is 5.32 Å². The van der Waals surface area contributed by atoms with Crippen molar-refractivity contribution >= 4 is 5.82 Å². The van der Waals surface area contributed by atoms with Gasteiger partial charge in [-0.3, -0.25) is 4.90 Å². The Morgan fingerprint density at radius 1 is 1.20 bits per heavy atom. The van der Waals surface area contributed by atoms with E-state index >= 15 is 0 Å². The highest BCUT2D eigenvalue weighted by Crippen LogP contribution is 2.38. The molecule has 0 radical (unpaired) electrons. The number of pyridine rings is 1. The maximum atomic E-state index is 4.46. The zero-order chi connectivity index (χ0) is 14.4. The molecule has 0 amide bonds. The smallest absolute Gasteiger partial charge is 0.130 e. The summed E-state index contributed by atoms with van der Waals surface area (Å²) in [5.74, 6) is 1.05. The summed E-state index contributed by atoms with van der Waals surface area (Å²) in [6.45, 7) is 11.2. The first-order chi connectivity index (χ1) is 9.73. The minimum Gasteiger partial charge on any atom is -0.370 e. The summed E-state index contributed by atoms with van der Waals surface area (Å²) in [6, 6.07) is 4.25. The minimum absolute atomic E-state index is 0.607. The number of hydrogen-bond donors (Lipinski definition) is 1. The summed E-state index contributed by atoms with van der Waals surface area (Å²) in [6.07, 6.45) is 7.21. The van der Waals surface area contributed by atoms with Crippen molar-refractivity contribution in [2.45, 2.75) is 53.0 Å². The molecule has 3 nitrogen and oxygen atoms in total. The molecule has 0 unspecified atom stereocenters. The Balaban J connectivity index is 1.96. The minimum atomic E-state index is 0.607. The van der Waals surface area contributed by atoms with Crippen LogP contribution in [0, 0.1) is 5.41 Å². The van der Waals surface area contributed by atoms with E-state index in [2.05, 4.69) is 42.0 Å². The lowest BCUT2D eigenvalue weighted by Gasteiger charge is -2.41. The Morgan fingerprint density at radius 3 is 2.50 bits per heavy atom. The van der Waals surface area contributed by atoms with E-state index in [4.69, 9.17) is 0 Å². The van der Waals surface area contributed by atoms with Gasteiger partial charge in [0.25, 0.3) is 0 Å². The summed E-state index contributed by atoms with van der Waals surface area (Å²) in [5, 5.41) is 3.37. The van der Waals surface area contributed by atoms with E-state index in [0.717, 1.165) is 18.9 Å². The molecule has 0 bridgehead atoms. The number of rotatable bonds is 6. The Labute approximate surface area is 123 Å². The summed E-state index contributed by atoms with van der Waals surface area (Å²) in [4.78, 5) is 7.04. The van der Waals surface area contributed by atoms with E-state index in [-0.39, 0.29) is 0 Å². The molecular weight excluding hydrogens is 246 g/mol. The summed E-state index contributed by atoms with van der Waals surface area (Å²) < 4.78 is 0. The third-order valence-electron chi connectivity index (χ3n) is 5.05. The van der Waals surface area contributed by atoms with Crippen molar-refractivity contribution in [2.24, 2.45) is 5.41 Å². The van der Waals surface area contributed by atoms with E-state index < -0.39 is 0 Å². The fourth-order valence-electron chi connectivity index (χ4n) is 3.28. The zero-order valence-electron chi connectivity index (χ0n) is 13.3. The lowest BCUT2D eigenvalue weighted by molar-refractivity contribution is 0.0909. The third kappa shape index (κ3) is 3.51. The van der Waals surface area contributed by atoms with Crippen molar-refractivity contribution in [3.63, 3.8) is 0 Å². The molecule has 0 atom stereocenters. The molecule has 1 aliphatic heterocycles. The molecule has 112 valence electrons. The summed E-state index contributed by atoms with van der Waals surface area (Å²) >= 11 is 0. The Bertz CT molecular complexity index is 402. The van der Waals surface area contributed by atoms with E-state index in [1.165, 1.54) is 44.3 Å². The largest absolute Gasteiger partial charge is 0.370 e. The molecule has 1 N–H and O–H groups in total. The fraction of sp³-hybridized carbons (Fsp3) is 0.706. The summed E-state index contributed by atoms with van der Waals surface area (Å²) in [7, 11) is 0. The molecule has 1 fully saturated rings. The van der Waals surface area contributed by atoms with Gasteiger partial charge in [-0.15, -0.1) is 0 Å². The Morgan fingerprint density at radius 2 is 1.90 bits per heavy atom. The van der Waals surface area contributed by atoms with Crippen molar-refractivity contribution in [2.75, 3.05) is 25.0 Å². The lowest BCUT2D eigenvalue weighted by atomic mass is 9.74. The van der Waals surface area contributed by atoms with Crippen LogP contribution in [0.1, 0.15) is 52.0 Å². The van der Waals surface area contributed by atoms with Gasteiger partial charge in [0.2, 0.25) is 0 Å². The molecular formula is C17H29N3. The number of hydrogen-bond acceptors (Lipinski definition) is 3. The molecule has 2 heterocycles. The quantitative estimate of drug-likeness (QED) is 0.853. The van der Waals surface area contributed by atoms with Crippen LogP contribution in [0.3, 0.4) is 0 Å². The van der Waals surface area contributed by atoms with Gasteiger partial charge in [0.05, 0.1) is 0 Å². The second-order valence-corrected chi connectivity index (χ2v) is 6.02. The van der Waals surface area contributed by atoms with Gasteiger partial charge in [-0.2, -0.15) is 0 Å². The standard InChI is InChI=1S/C17H29N3/c1-4-17(5-2)9-12-20(13-10-17)14-15-8-7-11-19-16(15)18-6-3/h7-8,11H,4-6,9-10,12-14H2,1-3H3,(H,18,19). The van der Waals surface area contributed by atoms with Gasteiger partial charge in [-0.1, -0.05) is 32.8 Å². The Hall–Kier alpha value is -1.09. The molecule has 2 rings (SSSR count). The fourth-order valence-corrected chi connectivity index (χ4v) is 3.28. The van der Waals surface area contributed by atoms with Crippen molar-refractivity contribution in [3.8, 4) is 0 Å². The third-order valence-corrected chi connectivity index (χ3v) is 5.05. The molecule has 1 aromatic rings. The predicted octanol–water partition coefficient (Wildman–Crippen LogP) is 3.92. The number of anilines is 1. The second kappa shape index (κ2) is 7.07. The van der Waals surface area contributed by atoms with Crippen LogP contribution < -0.4 is 5.32 Å². The molecule has 0 aromatic carbocycles. The van der Waals surface area contributed by atoms with Crippen LogP contribution in [-0.4, -0.2) is 29.5 Å². The first-order valence-corrected chi connectivity index (χ1v) is 8.13. The monoisotopic (exact) mass is 275 g/mol. The average molecular weight is 275 g/mol. The van der Waals surface area contributed by atoms with Gasteiger partial charge in [-0.05, 0) is 44.3 Å². The topological polar surface area (TPSA) is 28.2 Å². The molecule has 3 heteroatoms. The van der Waals surface area contributed by atoms with Crippen LogP contribution in [0.25, 0.3) is 0 Å². The second-order valence-electron chi connectivity index (χ2n) is 6.02. The summed E-state index contributed by atoms with van der Waals surface area (Å²) in [5.41, 5.74) is 1.94. The molecule has 0 spiro atoms. The van der Waals surface area contributed by atoms with E-state index in [1.54, 1.807) is 0 Å². The van der Waals surface area contributed by atoms with Crippen LogP contribution in [0.2, 0.25) is 0 Å². The molecule has 0 saturated carbocycles. The van der Waals surface area contributed by atoms with Crippen molar-refractivity contribution < 1.29 is 0 Å². The molecule has 0 aliphatic carbocycles. The van der Waals surface area contributed by atoms with Gasteiger partial charge in [0.15, 0.2) is 0 Å². The van der Waals surface area contributed by atoms with Crippen LogP contribution in [0.5, 0.6) is 0 Å². The normalized spacial score (nSPS) is 18.9. The van der Waals surface area contributed by atoms with E-state index in [1.807, 2.05) is 12.3 Å². The predicted molar refractivity (Wildman–Crippen MR) is 85.9 cm³/mol. The maximum Gasteiger partial charge on any atom is 0.130 e. The Kier molecular flexibility index (Phi) is 5.41. The highest BCUT2D eigenvalue weighted by molar-refractivity contribution is 5.43. The van der Waals surface area contributed by atoms with Gasteiger partial charge in [-0.25, -0.2) is 4.98 Å². The molecule has 20 heavy (non-hydrogen) atoms. The molecule has 1 aliphatic rings. The van der Waals surface area contributed by atoms with E-state index in [0.29, 0.717) is 5.41 Å². The van der Waals surface area contributed by atoms with Crippen molar-refractivity contribution in [1.29, 1.82) is 0 Å². The first-order valence-electron chi connectivity index (χ1n) is 8.13. The molecule has 1 saturated heterocycles. The van der Waals surface area contributed by atoms with Gasteiger partial charge in [0, 0.05) is 24.8 Å².